The highest BCUT2D eigenvalue weighted by Crippen LogP contribution is 2.38. The second kappa shape index (κ2) is 9.70. The number of aromatic nitrogens is 2. The molecule has 2 fully saturated rings. The smallest absolute Gasteiger partial charge is 0.276 e. The zero-order valence-corrected chi connectivity index (χ0v) is 21.0. The molecule has 3 amide bonds. The van der Waals surface area contributed by atoms with Crippen LogP contribution in [0.1, 0.15) is 25.0 Å². The van der Waals surface area contributed by atoms with E-state index in [1.165, 1.54) is 11.5 Å². The molecule has 3 aliphatic rings. The molecule has 196 valence electrons. The average Bonchev–Trinajstić information content (AvgIpc) is 3.47. The number of fused-ring (bicyclic) bond motifs is 1. The molecule has 5 rings (SSSR count). The van der Waals surface area contributed by atoms with Gasteiger partial charge >= 0.3 is 0 Å². The van der Waals surface area contributed by atoms with Crippen LogP contribution in [0.5, 0.6) is 0 Å². The van der Waals surface area contributed by atoms with Gasteiger partial charge in [-0.05, 0) is 37.0 Å². The number of nitrogens with two attached hydrogens (primary N) is 1. The molecule has 0 aromatic carbocycles. The topological polar surface area (TPSA) is 185 Å². The number of nitrogens with one attached hydrogen (secondary N) is 1. The largest absolute Gasteiger partial charge is 0.543 e. The van der Waals surface area contributed by atoms with Crippen molar-refractivity contribution in [2.24, 2.45) is 12.2 Å². The Labute approximate surface area is 220 Å². The Morgan fingerprint density at radius 3 is 2.82 bits per heavy atom. The predicted octanol–water partition coefficient (Wildman–Crippen LogP) is -1.42. The molecule has 0 saturated carbocycles. The fourth-order valence-corrected chi connectivity index (χ4v) is 5.52. The second-order valence-electron chi connectivity index (χ2n) is 9.05. The molecule has 2 aromatic rings. The van der Waals surface area contributed by atoms with Crippen molar-refractivity contribution in [1.82, 2.24) is 15.2 Å². The second-order valence-corrected chi connectivity index (χ2v) is 9.94. The van der Waals surface area contributed by atoms with Gasteiger partial charge in [0, 0.05) is 23.6 Å². The monoisotopic (exact) mass is 537 g/mol. The molecule has 0 bridgehead atoms. The Balaban J connectivity index is 1.35. The highest BCUT2D eigenvalue weighted by Gasteiger charge is 2.52. The number of aryl methyl sites for hydroxylation is 1. The first kappa shape index (κ1) is 25.1. The fourth-order valence-electron chi connectivity index (χ4n) is 4.98. The summed E-state index contributed by atoms with van der Waals surface area (Å²) in [5, 5.41) is 28.5. The zero-order valence-electron chi connectivity index (χ0n) is 20.2. The number of rotatable bonds is 6. The van der Waals surface area contributed by atoms with Crippen LogP contribution in [0, 0.1) is 0 Å². The molecular weight excluding hydrogens is 514 g/mol. The first-order valence-corrected chi connectivity index (χ1v) is 12.6. The summed E-state index contributed by atoms with van der Waals surface area (Å²) in [6.45, 7) is 0.446. The van der Waals surface area contributed by atoms with Gasteiger partial charge in [-0.1, -0.05) is 5.16 Å². The van der Waals surface area contributed by atoms with E-state index in [1.54, 1.807) is 4.90 Å². The molecule has 38 heavy (non-hydrogen) atoms. The number of hydrogen-bond donors (Lipinski definition) is 3. The van der Waals surface area contributed by atoms with Crippen molar-refractivity contribution < 1.29 is 34.1 Å². The molecular formula is C24H23N7O6S. The summed E-state index contributed by atoms with van der Waals surface area (Å²) in [5.74, 6) is -3.28. The highest BCUT2D eigenvalue weighted by atomic mass is 32.1. The lowest BCUT2D eigenvalue weighted by molar-refractivity contribution is -0.670. The van der Waals surface area contributed by atoms with Gasteiger partial charge in [-0.3, -0.25) is 14.4 Å². The van der Waals surface area contributed by atoms with Crippen molar-refractivity contribution in [2.75, 3.05) is 17.2 Å². The summed E-state index contributed by atoms with van der Waals surface area (Å²) in [7, 11) is 1.85. The minimum absolute atomic E-state index is 0.0449. The Morgan fingerprint density at radius 2 is 2.16 bits per heavy atom. The Kier molecular flexibility index (Phi) is 6.40. The van der Waals surface area contributed by atoms with Crippen molar-refractivity contribution in [1.29, 1.82) is 0 Å². The number of amides is 3. The molecule has 0 unspecified atom stereocenters. The molecule has 3 aliphatic heterocycles. The van der Waals surface area contributed by atoms with E-state index in [0.717, 1.165) is 21.9 Å². The van der Waals surface area contributed by atoms with Crippen molar-refractivity contribution in [3.63, 3.8) is 0 Å². The predicted molar refractivity (Wildman–Crippen MR) is 131 cm³/mol. The van der Waals surface area contributed by atoms with Crippen LogP contribution in [0.15, 0.2) is 58.0 Å². The standard InChI is InChI=1S/C24H23N7O6S/c1-29-7-2-3-14(10-29)30-8-6-13(21(30)33)9-12-4-5-16-18(22(34)31(16)19(12)23(35)36)27-20(32)17(28-37)15-11-38-24(25)26-15/h2-3,7,9-11,16,18H,4-6,8H2,1H3,(H4-,25,26,27,32,35,36,37)/t16-,18+/m1/s1. The number of carbonyl (C=O) groups is 4. The average molecular weight is 538 g/mol. The highest BCUT2D eigenvalue weighted by molar-refractivity contribution is 7.13. The van der Waals surface area contributed by atoms with Gasteiger partial charge in [0.25, 0.3) is 17.7 Å². The lowest BCUT2D eigenvalue weighted by atomic mass is 9.82. The van der Waals surface area contributed by atoms with Crippen LogP contribution < -0.4 is 25.6 Å². The van der Waals surface area contributed by atoms with Crippen molar-refractivity contribution in [3.05, 3.63) is 58.5 Å². The Bertz CT molecular complexity index is 1460. The minimum atomic E-state index is -1.55. The third kappa shape index (κ3) is 4.28. The Hall–Kier alpha value is -4.59. The molecule has 2 aromatic heterocycles. The number of carboxylic acid groups (broad SMARTS) is 1. The number of thiazole rings is 1. The molecule has 2 atom stereocenters. The molecule has 13 nitrogen and oxygen atoms in total. The number of oxime groups is 1. The molecule has 0 radical (unpaired) electrons. The summed E-state index contributed by atoms with van der Waals surface area (Å²) >= 11 is 1.05. The van der Waals surface area contributed by atoms with Gasteiger partial charge < -0.3 is 36.0 Å². The van der Waals surface area contributed by atoms with E-state index in [4.69, 9.17) is 5.73 Å². The van der Waals surface area contributed by atoms with Crippen LogP contribution in [0.2, 0.25) is 0 Å². The molecule has 0 aliphatic carbocycles. The van der Waals surface area contributed by atoms with Gasteiger partial charge in [0.15, 0.2) is 23.2 Å². The van der Waals surface area contributed by atoms with Gasteiger partial charge in [0.05, 0.1) is 17.7 Å². The van der Waals surface area contributed by atoms with E-state index in [2.05, 4.69) is 15.5 Å². The molecule has 4 N–H and O–H groups in total. The van der Waals surface area contributed by atoms with Gasteiger partial charge in [0.2, 0.25) is 0 Å². The van der Waals surface area contributed by atoms with Crippen LogP contribution in [-0.2, 0) is 26.2 Å². The summed E-state index contributed by atoms with van der Waals surface area (Å²) in [5.41, 5.74) is 6.36. The van der Waals surface area contributed by atoms with E-state index in [1.807, 2.05) is 36.1 Å². The van der Waals surface area contributed by atoms with Gasteiger partial charge in [-0.15, -0.1) is 11.3 Å². The van der Waals surface area contributed by atoms with Crippen LogP contribution in [-0.4, -0.2) is 63.1 Å². The van der Waals surface area contributed by atoms with Gasteiger partial charge in [-0.2, -0.15) is 0 Å². The first-order chi connectivity index (χ1) is 18.2. The third-order valence-electron chi connectivity index (χ3n) is 6.74. The third-order valence-corrected chi connectivity index (χ3v) is 7.42. The van der Waals surface area contributed by atoms with E-state index < -0.39 is 35.6 Å². The number of allylic oxidation sites excluding steroid dienone is 2. The summed E-state index contributed by atoms with van der Waals surface area (Å²) in [4.78, 5) is 57.4. The van der Waals surface area contributed by atoms with Crippen molar-refractivity contribution >= 4 is 51.6 Å². The quantitative estimate of drug-likeness (QED) is 0.100. The van der Waals surface area contributed by atoms with Crippen LogP contribution in [0.4, 0.5) is 10.8 Å². The molecule has 5 heterocycles. The number of carbonyl (C=O) groups excluding carboxylic acids is 4. The minimum Gasteiger partial charge on any atom is -0.543 e. The van der Waals surface area contributed by atoms with Gasteiger partial charge in [-0.25, -0.2) is 9.55 Å². The number of anilines is 2. The summed E-state index contributed by atoms with van der Waals surface area (Å²) in [6.07, 6.45) is 6.22. The Morgan fingerprint density at radius 1 is 1.37 bits per heavy atom. The molecule has 2 saturated heterocycles. The van der Waals surface area contributed by atoms with Crippen molar-refractivity contribution in [3.8, 4) is 0 Å². The van der Waals surface area contributed by atoms with E-state index in [-0.39, 0.29) is 28.9 Å². The zero-order chi connectivity index (χ0) is 27.1. The number of hydrogen-bond acceptors (Lipinski definition) is 10. The number of carboxylic acids is 1. The van der Waals surface area contributed by atoms with E-state index >= 15 is 0 Å². The molecule has 14 heteroatoms. The maximum Gasteiger partial charge on any atom is 0.276 e. The summed E-state index contributed by atoms with van der Waals surface area (Å²) in [6, 6.07) is 1.99. The van der Waals surface area contributed by atoms with E-state index in [0.29, 0.717) is 30.5 Å². The number of nitrogen functional groups attached to an aromatic ring is 1. The van der Waals surface area contributed by atoms with Crippen LogP contribution in [0.3, 0.4) is 0 Å². The van der Waals surface area contributed by atoms with Crippen LogP contribution >= 0.6 is 11.3 Å². The normalized spacial score (nSPS) is 22.6. The fraction of sp³-hybridized carbons (Fsp3) is 0.292. The van der Waals surface area contributed by atoms with E-state index in [9.17, 15) is 29.5 Å². The number of nitrogens with zero attached hydrogens (tertiary/aromatic N) is 5. The lowest BCUT2D eigenvalue weighted by Gasteiger charge is -2.51. The maximum absolute atomic E-state index is 13.1. The van der Waals surface area contributed by atoms with Gasteiger partial charge in [0.1, 0.15) is 24.5 Å². The summed E-state index contributed by atoms with van der Waals surface area (Å²) < 4.78 is 1.83. The van der Waals surface area contributed by atoms with Crippen LogP contribution in [0.25, 0.3) is 0 Å². The lowest BCUT2D eigenvalue weighted by Crippen LogP contribution is -2.72. The SMILES string of the molecule is C[n+]1cccc(N2CCC(=CC3=C(C(=O)[O-])N4C(=O)[C@@H](NC(=O)/C(=N/O)c5csc(N)n5)[C@H]4CC3)C2=O)c1. The number of aliphatic carboxylic acids is 1. The number of β-lactam (4-membered cyclic amide) rings is 1. The first-order valence-electron chi connectivity index (χ1n) is 11.7. The maximum atomic E-state index is 13.1. The molecule has 0 spiro atoms. The van der Waals surface area contributed by atoms with Crippen molar-refractivity contribution in [2.45, 2.75) is 31.3 Å². The number of pyridine rings is 1.